The standard InChI is InChI=1S/C10H12N6OS/c17-9(5-16-6-11-14-15-16)13-10-12-7-3-1-2-4-8(7)18-10/h6H,1-5H2,(H,12,13,17). The van der Waals surface area contributed by atoms with Gasteiger partial charge < -0.3 is 5.32 Å². The molecule has 0 fully saturated rings. The van der Waals surface area contributed by atoms with Crippen molar-refractivity contribution in [3.05, 3.63) is 16.9 Å². The highest BCUT2D eigenvalue weighted by atomic mass is 32.1. The number of thiazole rings is 1. The van der Waals surface area contributed by atoms with Crippen LogP contribution in [0.3, 0.4) is 0 Å². The molecule has 0 aliphatic heterocycles. The molecule has 0 bridgehead atoms. The Morgan fingerprint density at radius 2 is 2.33 bits per heavy atom. The van der Waals surface area contributed by atoms with Gasteiger partial charge in [-0.2, -0.15) is 0 Å². The molecule has 0 saturated carbocycles. The molecule has 0 unspecified atom stereocenters. The van der Waals surface area contributed by atoms with Crippen LogP contribution in [0, 0.1) is 0 Å². The van der Waals surface area contributed by atoms with E-state index >= 15 is 0 Å². The molecule has 3 rings (SSSR count). The number of fused-ring (bicyclic) bond motifs is 1. The average Bonchev–Trinajstić information content (AvgIpc) is 2.96. The minimum absolute atomic E-state index is 0.108. The number of nitrogens with one attached hydrogen (secondary N) is 1. The van der Waals surface area contributed by atoms with Gasteiger partial charge in [-0.25, -0.2) is 9.67 Å². The van der Waals surface area contributed by atoms with E-state index in [0.717, 1.165) is 18.5 Å². The summed E-state index contributed by atoms with van der Waals surface area (Å²) in [5.74, 6) is -0.159. The molecular formula is C10H12N6OS. The first-order valence-corrected chi connectivity index (χ1v) is 6.62. The van der Waals surface area contributed by atoms with Crippen molar-refractivity contribution in [2.75, 3.05) is 5.32 Å². The normalized spacial score (nSPS) is 14.2. The Morgan fingerprint density at radius 3 is 3.11 bits per heavy atom. The van der Waals surface area contributed by atoms with Gasteiger partial charge in [-0.3, -0.25) is 4.79 Å². The van der Waals surface area contributed by atoms with Crippen molar-refractivity contribution in [3.8, 4) is 0 Å². The maximum atomic E-state index is 11.7. The van der Waals surface area contributed by atoms with Crippen molar-refractivity contribution in [1.29, 1.82) is 0 Å². The summed E-state index contributed by atoms with van der Waals surface area (Å²) in [4.78, 5) is 17.5. The summed E-state index contributed by atoms with van der Waals surface area (Å²) in [5, 5.41) is 14.1. The van der Waals surface area contributed by atoms with Crippen LogP contribution in [0.15, 0.2) is 6.33 Å². The van der Waals surface area contributed by atoms with Crippen molar-refractivity contribution in [3.63, 3.8) is 0 Å². The van der Waals surface area contributed by atoms with Gasteiger partial charge in [0.05, 0.1) is 5.69 Å². The largest absolute Gasteiger partial charge is 0.300 e. The lowest BCUT2D eigenvalue weighted by atomic mass is 10.0. The predicted octanol–water partition coefficient (Wildman–Crippen LogP) is 0.647. The molecule has 0 aromatic carbocycles. The molecule has 2 heterocycles. The van der Waals surface area contributed by atoms with Crippen LogP contribution >= 0.6 is 11.3 Å². The van der Waals surface area contributed by atoms with E-state index in [-0.39, 0.29) is 12.5 Å². The number of carbonyl (C=O) groups excluding carboxylic acids is 1. The molecule has 2 aromatic heterocycles. The second-order valence-corrected chi connectivity index (χ2v) is 5.24. The lowest BCUT2D eigenvalue weighted by Gasteiger charge is -2.06. The third kappa shape index (κ3) is 2.37. The Kier molecular flexibility index (Phi) is 3.01. The highest BCUT2D eigenvalue weighted by Gasteiger charge is 2.16. The van der Waals surface area contributed by atoms with E-state index in [1.807, 2.05) is 0 Å². The molecule has 0 atom stereocenters. The summed E-state index contributed by atoms with van der Waals surface area (Å²) in [6.07, 6.45) is 5.92. The zero-order valence-corrected chi connectivity index (χ0v) is 10.5. The first-order valence-electron chi connectivity index (χ1n) is 5.80. The summed E-state index contributed by atoms with van der Waals surface area (Å²) in [6, 6.07) is 0. The van der Waals surface area contributed by atoms with Gasteiger partial charge in [-0.05, 0) is 36.1 Å². The van der Waals surface area contributed by atoms with Crippen LogP contribution in [0.25, 0.3) is 0 Å². The smallest absolute Gasteiger partial charge is 0.248 e. The molecule has 1 aliphatic rings. The van der Waals surface area contributed by atoms with E-state index in [1.54, 1.807) is 11.3 Å². The molecule has 0 radical (unpaired) electrons. The van der Waals surface area contributed by atoms with Gasteiger partial charge in [0.1, 0.15) is 12.9 Å². The van der Waals surface area contributed by atoms with Crippen LogP contribution in [0.1, 0.15) is 23.4 Å². The van der Waals surface area contributed by atoms with Gasteiger partial charge in [-0.15, -0.1) is 16.4 Å². The van der Waals surface area contributed by atoms with Gasteiger partial charge in [0, 0.05) is 4.88 Å². The zero-order valence-electron chi connectivity index (χ0n) is 9.67. The third-order valence-electron chi connectivity index (χ3n) is 2.79. The van der Waals surface area contributed by atoms with Gasteiger partial charge in [0.25, 0.3) is 0 Å². The second kappa shape index (κ2) is 4.81. The van der Waals surface area contributed by atoms with Gasteiger partial charge in [-0.1, -0.05) is 0 Å². The molecule has 1 aliphatic carbocycles. The number of carbonyl (C=O) groups is 1. The predicted molar refractivity (Wildman–Crippen MR) is 65.2 cm³/mol. The van der Waals surface area contributed by atoms with Crippen LogP contribution in [0.4, 0.5) is 5.13 Å². The van der Waals surface area contributed by atoms with Crippen molar-refractivity contribution >= 4 is 22.4 Å². The summed E-state index contributed by atoms with van der Waals surface area (Å²) < 4.78 is 1.38. The van der Waals surface area contributed by atoms with E-state index < -0.39 is 0 Å². The lowest BCUT2D eigenvalue weighted by molar-refractivity contribution is -0.116. The minimum atomic E-state index is -0.159. The molecule has 2 aromatic rings. The fourth-order valence-corrected chi connectivity index (χ4v) is 3.03. The van der Waals surface area contributed by atoms with Gasteiger partial charge in [0.15, 0.2) is 5.13 Å². The van der Waals surface area contributed by atoms with Crippen LogP contribution in [-0.4, -0.2) is 31.1 Å². The SMILES string of the molecule is O=C(Cn1cnnn1)Nc1nc2c(s1)CCCC2. The molecule has 0 saturated heterocycles. The Hall–Kier alpha value is -1.83. The summed E-state index contributed by atoms with van der Waals surface area (Å²) in [5.41, 5.74) is 1.14. The molecule has 7 nitrogen and oxygen atoms in total. The number of aryl methyl sites for hydroxylation is 2. The number of hydrogen-bond acceptors (Lipinski definition) is 6. The highest BCUT2D eigenvalue weighted by molar-refractivity contribution is 7.15. The lowest BCUT2D eigenvalue weighted by Crippen LogP contribution is -2.19. The molecule has 1 N–H and O–H groups in total. The molecular weight excluding hydrogens is 252 g/mol. The fourth-order valence-electron chi connectivity index (χ4n) is 1.96. The highest BCUT2D eigenvalue weighted by Crippen LogP contribution is 2.29. The van der Waals surface area contributed by atoms with Crippen LogP contribution in [-0.2, 0) is 24.2 Å². The zero-order chi connectivity index (χ0) is 12.4. The second-order valence-electron chi connectivity index (χ2n) is 4.15. The number of nitrogens with zero attached hydrogens (tertiary/aromatic N) is 5. The van der Waals surface area contributed by atoms with Crippen LogP contribution < -0.4 is 5.32 Å². The molecule has 8 heteroatoms. The van der Waals surface area contributed by atoms with E-state index in [2.05, 4.69) is 25.8 Å². The Balaban J connectivity index is 1.65. The van der Waals surface area contributed by atoms with Crippen molar-refractivity contribution in [2.45, 2.75) is 32.2 Å². The summed E-state index contributed by atoms with van der Waals surface area (Å²) in [7, 11) is 0. The van der Waals surface area contributed by atoms with E-state index in [9.17, 15) is 4.79 Å². The number of anilines is 1. The number of aromatic nitrogens is 5. The first-order chi connectivity index (χ1) is 8.81. The topological polar surface area (TPSA) is 85.6 Å². The third-order valence-corrected chi connectivity index (χ3v) is 3.86. The van der Waals surface area contributed by atoms with E-state index in [0.29, 0.717) is 5.13 Å². The number of rotatable bonds is 3. The van der Waals surface area contributed by atoms with Crippen LogP contribution in [0.5, 0.6) is 0 Å². The summed E-state index contributed by atoms with van der Waals surface area (Å²) >= 11 is 1.57. The van der Waals surface area contributed by atoms with Gasteiger partial charge >= 0.3 is 0 Å². The van der Waals surface area contributed by atoms with E-state index in [4.69, 9.17) is 0 Å². The van der Waals surface area contributed by atoms with Crippen molar-refractivity contribution in [2.24, 2.45) is 0 Å². The fraction of sp³-hybridized carbons (Fsp3) is 0.500. The Morgan fingerprint density at radius 1 is 1.44 bits per heavy atom. The van der Waals surface area contributed by atoms with Crippen LogP contribution in [0.2, 0.25) is 0 Å². The number of amides is 1. The van der Waals surface area contributed by atoms with E-state index in [1.165, 1.54) is 28.7 Å². The Labute approximate surface area is 107 Å². The van der Waals surface area contributed by atoms with Gasteiger partial charge in [0.2, 0.25) is 5.91 Å². The molecule has 1 amide bonds. The average molecular weight is 264 g/mol. The number of tetrazole rings is 1. The molecule has 18 heavy (non-hydrogen) atoms. The first kappa shape index (κ1) is 11.3. The maximum absolute atomic E-state index is 11.7. The Bertz CT molecular complexity index is 525. The van der Waals surface area contributed by atoms with Crippen molar-refractivity contribution < 1.29 is 4.79 Å². The van der Waals surface area contributed by atoms with Crippen molar-refractivity contribution in [1.82, 2.24) is 25.2 Å². The monoisotopic (exact) mass is 264 g/mol. The quantitative estimate of drug-likeness (QED) is 0.879. The summed E-state index contributed by atoms with van der Waals surface area (Å²) in [6.45, 7) is 0.108. The molecule has 0 spiro atoms. The molecule has 94 valence electrons. The minimum Gasteiger partial charge on any atom is -0.300 e. The maximum Gasteiger partial charge on any atom is 0.248 e. The number of hydrogen-bond donors (Lipinski definition) is 1.